The van der Waals surface area contributed by atoms with Gasteiger partial charge in [0.25, 0.3) is 0 Å². The summed E-state index contributed by atoms with van der Waals surface area (Å²) in [6, 6.07) is 25.2. The van der Waals surface area contributed by atoms with Gasteiger partial charge in [-0.15, -0.1) is 10.2 Å². The molecule has 0 bridgehead atoms. The van der Waals surface area contributed by atoms with E-state index in [0.717, 1.165) is 54.0 Å². The second kappa shape index (κ2) is 7.93. The number of hydrogen-bond donors (Lipinski definition) is 2. The quantitative estimate of drug-likeness (QED) is 0.306. The van der Waals surface area contributed by atoms with E-state index in [-0.39, 0.29) is 0 Å². The van der Waals surface area contributed by atoms with Crippen molar-refractivity contribution in [2.75, 3.05) is 23.7 Å². The van der Waals surface area contributed by atoms with Gasteiger partial charge in [0.15, 0.2) is 5.82 Å². The van der Waals surface area contributed by atoms with E-state index in [1.807, 2.05) is 12.3 Å². The number of aromatic nitrogens is 3. The number of anilines is 2. The molecule has 0 saturated carbocycles. The summed E-state index contributed by atoms with van der Waals surface area (Å²) in [5.74, 6) is 1.82. The zero-order valence-electron chi connectivity index (χ0n) is 17.7. The molecule has 0 spiro atoms. The maximum Gasteiger partial charge on any atom is 0.156 e. The number of fused-ring (bicyclic) bond motifs is 4. The van der Waals surface area contributed by atoms with E-state index in [2.05, 4.69) is 92.5 Å². The average Bonchev–Trinajstić information content (AvgIpc) is 3.18. The van der Waals surface area contributed by atoms with Crippen LogP contribution in [-0.2, 0) is 0 Å². The molecule has 2 N–H and O–H groups in total. The Morgan fingerprint density at radius 1 is 0.594 bits per heavy atom. The first-order chi connectivity index (χ1) is 15.9. The summed E-state index contributed by atoms with van der Waals surface area (Å²) >= 11 is 0. The SMILES string of the molecule is c1ccc2c(c1)-c1cccc3c(NCCCCNc4nccc5ccccc45)nnc-2c13. The van der Waals surface area contributed by atoms with Crippen molar-refractivity contribution in [1.29, 1.82) is 0 Å². The van der Waals surface area contributed by atoms with Crippen LogP contribution in [0.3, 0.4) is 0 Å². The van der Waals surface area contributed by atoms with Gasteiger partial charge in [0.1, 0.15) is 11.5 Å². The number of pyridine rings is 1. The van der Waals surface area contributed by atoms with Crippen LogP contribution in [0.4, 0.5) is 11.6 Å². The van der Waals surface area contributed by atoms with Gasteiger partial charge in [0, 0.05) is 41.0 Å². The van der Waals surface area contributed by atoms with Gasteiger partial charge in [-0.05, 0) is 35.4 Å². The van der Waals surface area contributed by atoms with E-state index in [4.69, 9.17) is 0 Å². The summed E-state index contributed by atoms with van der Waals surface area (Å²) in [7, 11) is 0. The minimum atomic E-state index is 0.852. The van der Waals surface area contributed by atoms with Gasteiger partial charge in [-0.3, -0.25) is 0 Å². The molecule has 0 amide bonds. The van der Waals surface area contributed by atoms with Crippen LogP contribution in [0.1, 0.15) is 12.8 Å². The molecule has 0 atom stereocenters. The zero-order valence-corrected chi connectivity index (χ0v) is 17.7. The van der Waals surface area contributed by atoms with Gasteiger partial charge in [-0.1, -0.05) is 66.7 Å². The largest absolute Gasteiger partial charge is 0.370 e. The first-order valence-corrected chi connectivity index (χ1v) is 11.1. The highest BCUT2D eigenvalue weighted by Gasteiger charge is 2.23. The predicted molar refractivity (Wildman–Crippen MR) is 132 cm³/mol. The van der Waals surface area contributed by atoms with Gasteiger partial charge < -0.3 is 10.6 Å². The van der Waals surface area contributed by atoms with E-state index >= 15 is 0 Å². The fourth-order valence-corrected chi connectivity index (χ4v) is 4.60. The van der Waals surface area contributed by atoms with Gasteiger partial charge in [0.2, 0.25) is 0 Å². The Morgan fingerprint density at radius 3 is 2.22 bits per heavy atom. The number of nitrogens with one attached hydrogen (secondary N) is 2. The summed E-state index contributed by atoms with van der Waals surface area (Å²) in [5.41, 5.74) is 4.65. The molecule has 5 aromatic rings. The fraction of sp³-hybridized carbons (Fsp3) is 0.148. The van der Waals surface area contributed by atoms with Gasteiger partial charge in [-0.2, -0.15) is 0 Å². The van der Waals surface area contributed by atoms with Crippen LogP contribution < -0.4 is 10.6 Å². The predicted octanol–water partition coefficient (Wildman–Crippen LogP) is 6.13. The maximum atomic E-state index is 4.57. The normalized spacial score (nSPS) is 11.6. The van der Waals surface area contributed by atoms with Crippen LogP contribution in [0.15, 0.2) is 79.0 Å². The fourth-order valence-electron chi connectivity index (χ4n) is 4.60. The minimum absolute atomic E-state index is 0.852. The van der Waals surface area contributed by atoms with E-state index in [1.54, 1.807) is 0 Å². The Kier molecular flexibility index (Phi) is 4.65. The number of rotatable bonds is 7. The molecule has 3 aromatic carbocycles. The van der Waals surface area contributed by atoms with E-state index in [1.165, 1.54) is 27.5 Å². The molecule has 0 saturated heterocycles. The van der Waals surface area contributed by atoms with Crippen molar-refractivity contribution < 1.29 is 0 Å². The van der Waals surface area contributed by atoms with Gasteiger partial charge in [-0.25, -0.2) is 4.98 Å². The molecule has 0 unspecified atom stereocenters. The number of hydrogen-bond acceptors (Lipinski definition) is 5. The van der Waals surface area contributed by atoms with Crippen molar-refractivity contribution in [3.63, 3.8) is 0 Å². The van der Waals surface area contributed by atoms with Crippen molar-refractivity contribution in [1.82, 2.24) is 15.2 Å². The molecule has 0 radical (unpaired) electrons. The molecule has 2 aromatic heterocycles. The summed E-state index contributed by atoms with van der Waals surface area (Å²) < 4.78 is 0. The maximum absolute atomic E-state index is 4.57. The van der Waals surface area contributed by atoms with Crippen LogP contribution in [-0.4, -0.2) is 28.3 Å². The van der Waals surface area contributed by atoms with Crippen molar-refractivity contribution in [2.45, 2.75) is 12.8 Å². The molecule has 1 aliphatic rings. The van der Waals surface area contributed by atoms with E-state index < -0.39 is 0 Å². The average molecular weight is 418 g/mol. The first kappa shape index (κ1) is 18.8. The molecule has 0 aliphatic heterocycles. The third-order valence-electron chi connectivity index (χ3n) is 6.14. The van der Waals surface area contributed by atoms with Crippen LogP contribution in [0.5, 0.6) is 0 Å². The summed E-state index contributed by atoms with van der Waals surface area (Å²) in [6.45, 7) is 1.73. The number of benzene rings is 3. The lowest BCUT2D eigenvalue weighted by atomic mass is 10.0. The first-order valence-electron chi connectivity index (χ1n) is 11.1. The number of nitrogens with zero attached hydrogens (tertiary/aromatic N) is 3. The molecular weight excluding hydrogens is 394 g/mol. The molecule has 32 heavy (non-hydrogen) atoms. The summed E-state index contributed by atoms with van der Waals surface area (Å²) in [4.78, 5) is 4.50. The van der Waals surface area contributed by atoms with Crippen molar-refractivity contribution in [3.05, 3.63) is 79.0 Å². The second-order valence-corrected chi connectivity index (χ2v) is 8.11. The van der Waals surface area contributed by atoms with Crippen LogP contribution in [0.25, 0.3) is 43.9 Å². The lowest BCUT2D eigenvalue weighted by Gasteiger charge is -2.11. The van der Waals surface area contributed by atoms with E-state index in [9.17, 15) is 0 Å². The summed E-state index contributed by atoms with van der Waals surface area (Å²) in [5, 5.41) is 20.8. The zero-order chi connectivity index (χ0) is 21.3. The number of unbranched alkanes of at least 4 members (excludes halogenated alkanes) is 1. The Balaban J connectivity index is 1.11. The third-order valence-corrected chi connectivity index (χ3v) is 6.14. The second-order valence-electron chi connectivity index (χ2n) is 8.11. The van der Waals surface area contributed by atoms with Crippen LogP contribution in [0, 0.1) is 0 Å². The van der Waals surface area contributed by atoms with Gasteiger partial charge >= 0.3 is 0 Å². The Bertz CT molecular complexity index is 1410. The lowest BCUT2D eigenvalue weighted by molar-refractivity contribution is 0.791. The Hall–Kier alpha value is -3.99. The Morgan fingerprint density at radius 2 is 1.31 bits per heavy atom. The van der Waals surface area contributed by atoms with Crippen molar-refractivity contribution in [2.24, 2.45) is 0 Å². The molecule has 1 aliphatic carbocycles. The monoisotopic (exact) mass is 417 g/mol. The lowest BCUT2D eigenvalue weighted by Crippen LogP contribution is -2.09. The topological polar surface area (TPSA) is 62.7 Å². The minimum Gasteiger partial charge on any atom is -0.370 e. The molecule has 6 rings (SSSR count). The summed E-state index contributed by atoms with van der Waals surface area (Å²) in [6.07, 6.45) is 3.93. The Labute approximate surface area is 186 Å². The molecule has 5 nitrogen and oxygen atoms in total. The highest BCUT2D eigenvalue weighted by Crippen LogP contribution is 2.46. The molecular formula is C27H23N5. The highest BCUT2D eigenvalue weighted by atomic mass is 15.2. The molecule has 156 valence electrons. The highest BCUT2D eigenvalue weighted by molar-refractivity contribution is 6.16. The molecule has 5 heteroatoms. The van der Waals surface area contributed by atoms with Crippen LogP contribution in [0.2, 0.25) is 0 Å². The van der Waals surface area contributed by atoms with Crippen molar-refractivity contribution in [3.8, 4) is 22.4 Å². The molecule has 2 heterocycles. The smallest absolute Gasteiger partial charge is 0.156 e. The van der Waals surface area contributed by atoms with Crippen molar-refractivity contribution >= 4 is 33.2 Å². The van der Waals surface area contributed by atoms with Gasteiger partial charge in [0.05, 0.1) is 0 Å². The van der Waals surface area contributed by atoms with Crippen LogP contribution >= 0.6 is 0 Å². The van der Waals surface area contributed by atoms with E-state index in [0.29, 0.717) is 0 Å². The standard InChI is InChI=1S/C27H23N5/c1-2-9-19-18(8-1)14-17-30-26(19)28-15-5-6-16-29-27-23-13-7-12-21-20-10-3-4-11-22(20)25(24(21)23)31-32-27/h1-4,7-14,17H,5-6,15-16H2,(H,28,30)(H,29,32). The molecule has 0 fully saturated rings. The third kappa shape index (κ3) is 3.14.